The number of nitrogen functional groups attached to an aromatic ring is 1. The van der Waals surface area contributed by atoms with Gasteiger partial charge in [-0.3, -0.25) is 0 Å². The van der Waals surface area contributed by atoms with Gasteiger partial charge < -0.3 is 14.9 Å². The summed E-state index contributed by atoms with van der Waals surface area (Å²) >= 11 is 3.17. The number of methoxy groups -OCH3 is 2. The van der Waals surface area contributed by atoms with Gasteiger partial charge in [-0.05, 0) is 22.0 Å². The summed E-state index contributed by atoms with van der Waals surface area (Å²) in [5.41, 5.74) is 2.25. The van der Waals surface area contributed by atoms with Crippen LogP contribution in [-0.4, -0.2) is 46.9 Å². The summed E-state index contributed by atoms with van der Waals surface area (Å²) in [6.07, 6.45) is 1.06. The van der Waals surface area contributed by atoms with Crippen molar-refractivity contribution in [3.8, 4) is 0 Å². The molecule has 0 radical (unpaired) electrons. The summed E-state index contributed by atoms with van der Waals surface area (Å²) in [6, 6.07) is 1.41. The molecule has 1 unspecified atom stereocenters. The maximum atomic E-state index is 12.2. The van der Waals surface area contributed by atoms with Gasteiger partial charge in [0, 0.05) is 31.4 Å². The first-order chi connectivity index (χ1) is 9.44. The maximum Gasteiger partial charge on any atom is 0.244 e. The Kier molecular flexibility index (Phi) is 6.79. The predicted molar refractivity (Wildman–Crippen MR) is 77.6 cm³/mol. The molecular weight excluding hydrogens is 352 g/mol. The summed E-state index contributed by atoms with van der Waals surface area (Å²) in [5, 5.41) is 0. The van der Waals surface area contributed by atoms with E-state index in [9.17, 15) is 8.42 Å². The lowest BCUT2D eigenvalue weighted by Gasteiger charge is -2.16. The van der Waals surface area contributed by atoms with Gasteiger partial charge in [-0.2, -0.15) is 0 Å². The van der Waals surface area contributed by atoms with Gasteiger partial charge in [-0.25, -0.2) is 24.0 Å². The summed E-state index contributed by atoms with van der Waals surface area (Å²) in [5.74, 6) is 5.32. The molecule has 1 atom stereocenters. The first-order valence-electron chi connectivity index (χ1n) is 5.58. The van der Waals surface area contributed by atoms with Crippen LogP contribution in [-0.2, 0) is 19.5 Å². The summed E-state index contributed by atoms with van der Waals surface area (Å²) < 4.78 is 37.4. The molecule has 0 bridgehead atoms. The normalized spacial score (nSPS) is 13.2. The third-order valence-corrected chi connectivity index (χ3v) is 4.30. The largest absolute Gasteiger partial charge is 0.382 e. The lowest BCUT2D eigenvalue weighted by atomic mass is 10.4. The second-order valence-electron chi connectivity index (χ2n) is 3.81. The molecule has 10 heteroatoms. The third-order valence-electron chi connectivity index (χ3n) is 2.43. The van der Waals surface area contributed by atoms with Crippen LogP contribution >= 0.6 is 15.9 Å². The number of anilines is 1. The molecule has 8 nitrogen and oxygen atoms in total. The standard InChI is InChI=1S/C10H17BrN4O4S/c1-18-6-8(19-2)5-14-20(16,17)9-3-7(11)4-13-10(9)15-12/h3-4,8,14H,5-6,12H2,1-2H3,(H,13,15). The molecule has 114 valence electrons. The van der Waals surface area contributed by atoms with Crippen molar-refractivity contribution >= 4 is 31.8 Å². The minimum absolute atomic E-state index is 0.0540. The van der Waals surface area contributed by atoms with Crippen molar-refractivity contribution in [1.29, 1.82) is 0 Å². The molecule has 4 N–H and O–H groups in total. The number of hydrogen-bond acceptors (Lipinski definition) is 7. The molecule has 1 aromatic rings. The van der Waals surface area contributed by atoms with Gasteiger partial charge in [0.15, 0.2) is 5.82 Å². The van der Waals surface area contributed by atoms with Crippen LogP contribution in [0.5, 0.6) is 0 Å². The third kappa shape index (κ3) is 4.65. The Labute approximate surface area is 126 Å². The van der Waals surface area contributed by atoms with Crippen molar-refractivity contribution in [1.82, 2.24) is 9.71 Å². The Balaban J connectivity index is 2.91. The molecule has 0 saturated carbocycles. The number of nitrogens with zero attached hydrogens (tertiary/aromatic N) is 1. The van der Waals surface area contributed by atoms with Crippen LogP contribution in [0.4, 0.5) is 5.82 Å². The molecule has 20 heavy (non-hydrogen) atoms. The number of sulfonamides is 1. The fourth-order valence-corrected chi connectivity index (χ4v) is 3.10. The van der Waals surface area contributed by atoms with Crippen LogP contribution in [0, 0.1) is 0 Å². The van der Waals surface area contributed by atoms with Crippen molar-refractivity contribution in [2.75, 3.05) is 32.8 Å². The summed E-state index contributed by atoms with van der Waals surface area (Å²) in [6.45, 7) is 0.348. The van der Waals surface area contributed by atoms with Gasteiger partial charge in [-0.1, -0.05) is 0 Å². The van der Waals surface area contributed by atoms with Crippen LogP contribution in [0.1, 0.15) is 0 Å². The molecule has 1 heterocycles. The lowest BCUT2D eigenvalue weighted by Crippen LogP contribution is -2.36. The van der Waals surface area contributed by atoms with E-state index in [0.717, 1.165) is 0 Å². The number of ether oxygens (including phenoxy) is 2. The van der Waals surface area contributed by atoms with Gasteiger partial charge in [0.05, 0.1) is 12.7 Å². The Hall–Kier alpha value is -0.780. The number of rotatable bonds is 8. The van der Waals surface area contributed by atoms with E-state index in [0.29, 0.717) is 4.47 Å². The smallest absolute Gasteiger partial charge is 0.244 e. The molecule has 0 aliphatic rings. The number of hydrazine groups is 1. The van der Waals surface area contributed by atoms with Gasteiger partial charge in [-0.15, -0.1) is 0 Å². The Morgan fingerprint density at radius 1 is 1.50 bits per heavy atom. The fourth-order valence-electron chi connectivity index (χ4n) is 1.41. The molecule has 0 aromatic carbocycles. The second-order valence-corrected chi connectivity index (χ2v) is 6.46. The number of halogens is 1. The minimum Gasteiger partial charge on any atom is -0.382 e. The molecular formula is C10H17BrN4O4S. The van der Waals surface area contributed by atoms with E-state index in [-0.39, 0.29) is 30.0 Å². The van der Waals surface area contributed by atoms with Gasteiger partial charge in [0.1, 0.15) is 4.90 Å². The number of nitrogens with one attached hydrogen (secondary N) is 2. The predicted octanol–water partition coefficient (Wildman–Crippen LogP) is 0.0694. The molecule has 1 rings (SSSR count). The molecule has 1 aromatic heterocycles. The zero-order valence-corrected chi connectivity index (χ0v) is 13.5. The molecule has 0 aliphatic carbocycles. The maximum absolute atomic E-state index is 12.2. The van der Waals surface area contributed by atoms with Crippen molar-refractivity contribution in [2.24, 2.45) is 5.84 Å². The summed E-state index contributed by atoms with van der Waals surface area (Å²) in [4.78, 5) is 3.83. The number of pyridine rings is 1. The Morgan fingerprint density at radius 2 is 2.20 bits per heavy atom. The second kappa shape index (κ2) is 7.86. The van der Waals surface area contributed by atoms with E-state index in [4.69, 9.17) is 15.3 Å². The average Bonchev–Trinajstić information content (AvgIpc) is 2.43. The average molecular weight is 369 g/mol. The van der Waals surface area contributed by atoms with E-state index >= 15 is 0 Å². The monoisotopic (exact) mass is 368 g/mol. The highest BCUT2D eigenvalue weighted by atomic mass is 79.9. The van der Waals surface area contributed by atoms with Crippen molar-refractivity contribution < 1.29 is 17.9 Å². The van der Waals surface area contributed by atoms with Crippen LogP contribution in [0.25, 0.3) is 0 Å². The highest BCUT2D eigenvalue weighted by molar-refractivity contribution is 9.10. The first-order valence-corrected chi connectivity index (χ1v) is 7.85. The van der Waals surface area contributed by atoms with Crippen LogP contribution < -0.4 is 16.0 Å². The zero-order valence-electron chi connectivity index (χ0n) is 11.1. The zero-order chi connectivity index (χ0) is 15.2. The molecule has 0 spiro atoms. The molecule has 0 aliphatic heterocycles. The van der Waals surface area contributed by atoms with E-state index < -0.39 is 10.0 Å². The molecule has 0 amide bonds. The lowest BCUT2D eigenvalue weighted by molar-refractivity contribution is 0.0320. The number of nitrogens with two attached hydrogens (primary N) is 1. The molecule has 0 fully saturated rings. The number of hydrogen-bond donors (Lipinski definition) is 3. The van der Waals surface area contributed by atoms with E-state index in [1.54, 1.807) is 0 Å². The first kappa shape index (κ1) is 17.3. The minimum atomic E-state index is -3.77. The van der Waals surface area contributed by atoms with Crippen LogP contribution in [0.15, 0.2) is 21.6 Å². The van der Waals surface area contributed by atoms with Crippen molar-refractivity contribution in [3.05, 3.63) is 16.7 Å². The fraction of sp³-hybridized carbons (Fsp3) is 0.500. The SMILES string of the molecule is COCC(CNS(=O)(=O)c1cc(Br)cnc1NN)OC. The quantitative estimate of drug-likeness (QED) is 0.439. The van der Waals surface area contributed by atoms with E-state index in [2.05, 4.69) is 31.1 Å². The van der Waals surface area contributed by atoms with Crippen molar-refractivity contribution in [3.63, 3.8) is 0 Å². The number of aromatic nitrogens is 1. The van der Waals surface area contributed by atoms with Gasteiger partial charge in [0.25, 0.3) is 0 Å². The summed E-state index contributed by atoms with van der Waals surface area (Å²) in [7, 11) is -0.783. The van der Waals surface area contributed by atoms with E-state index in [1.807, 2.05) is 0 Å². The van der Waals surface area contributed by atoms with Crippen LogP contribution in [0.2, 0.25) is 0 Å². The van der Waals surface area contributed by atoms with Gasteiger partial charge in [0.2, 0.25) is 10.0 Å². The molecule has 0 saturated heterocycles. The topological polar surface area (TPSA) is 116 Å². The highest BCUT2D eigenvalue weighted by Crippen LogP contribution is 2.21. The Morgan fingerprint density at radius 3 is 2.75 bits per heavy atom. The van der Waals surface area contributed by atoms with Crippen molar-refractivity contribution in [2.45, 2.75) is 11.0 Å². The highest BCUT2D eigenvalue weighted by Gasteiger charge is 2.21. The Bertz CT molecular complexity index is 540. The van der Waals surface area contributed by atoms with E-state index in [1.165, 1.54) is 26.5 Å². The van der Waals surface area contributed by atoms with Gasteiger partial charge >= 0.3 is 0 Å². The van der Waals surface area contributed by atoms with Crippen LogP contribution in [0.3, 0.4) is 0 Å².